The van der Waals surface area contributed by atoms with Gasteiger partial charge in [0, 0.05) is 0 Å². The molecular weight excluding hydrogens is 174 g/mol. The van der Waals surface area contributed by atoms with Gasteiger partial charge in [0.05, 0.1) is 17.4 Å². The summed E-state index contributed by atoms with van der Waals surface area (Å²) < 4.78 is 0. The van der Waals surface area contributed by atoms with Crippen molar-refractivity contribution in [1.29, 1.82) is 0 Å². The number of hydrogen-bond acceptors (Lipinski definition) is 4. The molecule has 0 N–H and O–H groups in total. The third-order valence-electron chi connectivity index (χ3n) is 2.32. The van der Waals surface area contributed by atoms with Gasteiger partial charge in [0.25, 0.3) is 0 Å². The van der Waals surface area contributed by atoms with Crippen LogP contribution in [0, 0.1) is 10.8 Å². The van der Waals surface area contributed by atoms with Crippen molar-refractivity contribution in [2.75, 3.05) is 0 Å². The Morgan fingerprint density at radius 1 is 0.857 bits per heavy atom. The van der Waals surface area contributed by atoms with Gasteiger partial charge >= 0.3 is 37.7 Å². The molecule has 0 unspecified atom stereocenters. The Morgan fingerprint density at radius 2 is 1.07 bits per heavy atom. The van der Waals surface area contributed by atoms with Crippen LogP contribution in [0.2, 0.25) is 0 Å². The fourth-order valence-electron chi connectivity index (χ4n) is 0.696. The third kappa shape index (κ3) is 3.37. The second kappa shape index (κ2) is 5.88. The number of carbonyl (C=O) groups excluding carboxylic acids is 2. The first-order valence-electron chi connectivity index (χ1n) is 3.57. The van der Waals surface area contributed by atoms with Gasteiger partial charge in [-0.2, -0.15) is 0 Å². The average Bonchev–Trinajstić information content (AvgIpc) is 1.82. The minimum Gasteiger partial charge on any atom is -0.549 e. The van der Waals surface area contributed by atoms with Crippen molar-refractivity contribution in [3.05, 3.63) is 0 Å². The van der Waals surface area contributed by atoms with E-state index in [-0.39, 0.29) is 37.7 Å². The molecule has 14 heavy (non-hydrogen) atoms. The fraction of sp³-hybridized carbons (Fsp3) is 0.750. The maximum atomic E-state index is 10.6. The molecule has 0 fully saturated rings. The zero-order valence-electron chi connectivity index (χ0n) is 9.63. The van der Waals surface area contributed by atoms with E-state index in [2.05, 4.69) is 0 Å². The number of rotatable bonds is 2. The third-order valence-corrected chi connectivity index (χ3v) is 2.32. The number of aliphatic carboxylic acids is 2. The topological polar surface area (TPSA) is 80.3 Å². The van der Waals surface area contributed by atoms with Crippen molar-refractivity contribution >= 4 is 11.9 Å². The minimum atomic E-state index is -1.95. The van der Waals surface area contributed by atoms with E-state index in [1.165, 1.54) is 20.8 Å². The minimum absolute atomic E-state index is 0. The van der Waals surface area contributed by atoms with Gasteiger partial charge in [-0.25, -0.2) is 0 Å². The summed E-state index contributed by atoms with van der Waals surface area (Å²) in [5, 5.41) is 21.2. The molecule has 0 radical (unpaired) electrons. The van der Waals surface area contributed by atoms with Gasteiger partial charge in [-0.1, -0.05) is 20.8 Å². The summed E-state index contributed by atoms with van der Waals surface area (Å²) in [4.78, 5) is 21.2. The van der Waals surface area contributed by atoms with E-state index in [0.717, 1.165) is 6.92 Å². The Hall–Kier alpha value is 0.135. The van der Waals surface area contributed by atoms with Gasteiger partial charge in [0.15, 0.2) is 0 Å². The van der Waals surface area contributed by atoms with Crippen LogP contribution in [0.1, 0.15) is 27.7 Å². The monoisotopic (exact) mass is 186 g/mol. The standard InChI is InChI=1S/C8H14O4.2Li/c1-7(2,3)8(4,5(9)10)6(11)12;;/h1-4H3,(H,9,10)(H,11,12);;/q;2*+1/p-2. The molecule has 4 nitrogen and oxygen atoms in total. The second-order valence-corrected chi connectivity index (χ2v) is 3.95. The molecule has 0 amide bonds. The molecule has 0 rings (SSSR count). The van der Waals surface area contributed by atoms with Crippen molar-refractivity contribution < 1.29 is 57.5 Å². The van der Waals surface area contributed by atoms with Crippen LogP contribution in [0.4, 0.5) is 0 Å². The quantitative estimate of drug-likeness (QED) is 0.317. The molecule has 0 saturated carbocycles. The number of carbonyl (C=O) groups is 2. The van der Waals surface area contributed by atoms with E-state index < -0.39 is 22.8 Å². The molecule has 0 aromatic rings. The molecule has 0 atom stereocenters. The summed E-state index contributed by atoms with van der Waals surface area (Å²) >= 11 is 0. The van der Waals surface area contributed by atoms with Gasteiger partial charge in [-0.15, -0.1) is 0 Å². The van der Waals surface area contributed by atoms with Gasteiger partial charge < -0.3 is 19.8 Å². The first-order chi connectivity index (χ1) is 5.14. The maximum absolute atomic E-state index is 10.6. The Bertz CT molecular complexity index is 206. The Kier molecular flexibility index (Phi) is 8.26. The predicted molar refractivity (Wildman–Crippen MR) is 37.6 cm³/mol. The predicted octanol–water partition coefficient (Wildman–Crippen LogP) is -7.45. The number of carboxylic acids is 2. The first kappa shape index (κ1) is 19.7. The van der Waals surface area contributed by atoms with Crippen molar-refractivity contribution in [3.63, 3.8) is 0 Å². The Morgan fingerprint density at radius 3 is 1.07 bits per heavy atom. The van der Waals surface area contributed by atoms with Crippen LogP contribution < -0.4 is 47.9 Å². The van der Waals surface area contributed by atoms with E-state index in [9.17, 15) is 19.8 Å². The molecule has 0 aromatic heterocycles. The van der Waals surface area contributed by atoms with Crippen molar-refractivity contribution in [2.45, 2.75) is 27.7 Å². The Labute approximate surface area is 108 Å². The van der Waals surface area contributed by atoms with Gasteiger partial charge in [-0.05, 0) is 12.3 Å². The molecule has 0 saturated heterocycles. The summed E-state index contributed by atoms with van der Waals surface area (Å²) in [6.07, 6.45) is 0. The molecule has 0 spiro atoms. The van der Waals surface area contributed by atoms with E-state index >= 15 is 0 Å². The summed E-state index contributed by atoms with van der Waals surface area (Å²) in [6.45, 7) is 5.63. The van der Waals surface area contributed by atoms with Crippen LogP contribution in [0.15, 0.2) is 0 Å². The summed E-state index contributed by atoms with van der Waals surface area (Å²) in [5.41, 5.74) is -2.88. The zero-order valence-corrected chi connectivity index (χ0v) is 9.63. The Balaban J connectivity index is -0.000000605. The molecule has 6 heteroatoms. The summed E-state index contributed by atoms with van der Waals surface area (Å²) in [5.74, 6) is -3.23. The van der Waals surface area contributed by atoms with Gasteiger partial charge in [0.2, 0.25) is 0 Å². The van der Waals surface area contributed by atoms with E-state index in [1.54, 1.807) is 0 Å². The largest absolute Gasteiger partial charge is 1.00 e. The van der Waals surface area contributed by atoms with Crippen molar-refractivity contribution in [3.8, 4) is 0 Å². The maximum Gasteiger partial charge on any atom is 1.00 e. The fourth-order valence-corrected chi connectivity index (χ4v) is 0.696. The molecule has 0 aromatic carbocycles. The van der Waals surface area contributed by atoms with Crippen LogP contribution in [-0.4, -0.2) is 11.9 Å². The van der Waals surface area contributed by atoms with Crippen LogP contribution in [0.25, 0.3) is 0 Å². The van der Waals surface area contributed by atoms with E-state index in [4.69, 9.17) is 0 Å². The van der Waals surface area contributed by atoms with Gasteiger partial charge in [-0.3, -0.25) is 0 Å². The van der Waals surface area contributed by atoms with Crippen LogP contribution in [-0.2, 0) is 9.59 Å². The van der Waals surface area contributed by atoms with Gasteiger partial charge in [0.1, 0.15) is 0 Å². The smallest absolute Gasteiger partial charge is 0.549 e. The molecule has 0 heterocycles. The van der Waals surface area contributed by atoms with Crippen LogP contribution in [0.3, 0.4) is 0 Å². The summed E-state index contributed by atoms with van der Waals surface area (Å²) in [7, 11) is 0. The molecule has 0 aliphatic rings. The van der Waals surface area contributed by atoms with Crippen molar-refractivity contribution in [2.24, 2.45) is 10.8 Å². The normalized spacial score (nSPS) is 10.9. The van der Waals surface area contributed by atoms with Crippen molar-refractivity contribution in [1.82, 2.24) is 0 Å². The summed E-state index contributed by atoms with van der Waals surface area (Å²) in [6, 6.07) is 0. The molecule has 0 aliphatic carbocycles. The number of hydrogen-bond donors (Lipinski definition) is 0. The first-order valence-corrected chi connectivity index (χ1v) is 3.57. The molecule has 70 valence electrons. The number of carboxylic acid groups (broad SMARTS) is 2. The second-order valence-electron chi connectivity index (χ2n) is 3.95. The van der Waals surface area contributed by atoms with Crippen LogP contribution >= 0.6 is 0 Å². The van der Waals surface area contributed by atoms with E-state index in [1.807, 2.05) is 0 Å². The van der Waals surface area contributed by atoms with Crippen LogP contribution in [0.5, 0.6) is 0 Å². The molecule has 0 aliphatic heterocycles. The average molecular weight is 186 g/mol. The zero-order chi connectivity index (χ0) is 10.2. The molecular formula is C8H12Li2O4. The molecule has 0 bridgehead atoms. The SMILES string of the molecule is CC(C)(C)C(C)(C(=O)[O-])C(=O)[O-].[Li+].[Li+]. The van der Waals surface area contributed by atoms with E-state index in [0.29, 0.717) is 0 Å².